The number of nitrogens with one attached hydrogen (secondary N) is 2. The molecule has 2 amide bonds. The SMILES string of the molecule is Cc1cccc(NC(=O)C(=O)NCC(c2ccc3c(c2)OCO3)N2CCN(c3ccccc3)CC2)c1. The van der Waals surface area contributed by atoms with Gasteiger partial charge in [-0.2, -0.15) is 0 Å². The van der Waals surface area contributed by atoms with Crippen molar-refractivity contribution in [2.24, 2.45) is 0 Å². The van der Waals surface area contributed by atoms with Crippen molar-refractivity contribution in [1.29, 1.82) is 0 Å². The van der Waals surface area contributed by atoms with E-state index in [0.717, 1.165) is 37.3 Å². The molecule has 0 bridgehead atoms. The van der Waals surface area contributed by atoms with E-state index in [1.807, 2.05) is 49.4 Å². The first-order chi connectivity index (χ1) is 17.6. The first-order valence-electron chi connectivity index (χ1n) is 12.2. The zero-order chi connectivity index (χ0) is 24.9. The van der Waals surface area contributed by atoms with Crippen molar-refractivity contribution in [3.8, 4) is 11.5 Å². The number of hydrogen-bond acceptors (Lipinski definition) is 6. The van der Waals surface area contributed by atoms with E-state index >= 15 is 0 Å². The fraction of sp³-hybridized carbons (Fsp3) is 0.286. The van der Waals surface area contributed by atoms with E-state index in [4.69, 9.17) is 9.47 Å². The number of benzene rings is 3. The number of ether oxygens (including phenoxy) is 2. The monoisotopic (exact) mass is 486 g/mol. The number of carbonyl (C=O) groups is 2. The van der Waals surface area contributed by atoms with Crippen molar-refractivity contribution < 1.29 is 19.1 Å². The van der Waals surface area contributed by atoms with E-state index in [1.54, 1.807) is 6.07 Å². The van der Waals surface area contributed by atoms with Crippen LogP contribution in [0.3, 0.4) is 0 Å². The highest BCUT2D eigenvalue weighted by atomic mass is 16.7. The van der Waals surface area contributed by atoms with Crippen molar-refractivity contribution in [1.82, 2.24) is 10.2 Å². The van der Waals surface area contributed by atoms with Gasteiger partial charge in [-0.05, 0) is 54.4 Å². The largest absolute Gasteiger partial charge is 0.454 e. The van der Waals surface area contributed by atoms with E-state index in [-0.39, 0.29) is 12.8 Å². The molecule has 0 aliphatic carbocycles. The second-order valence-corrected chi connectivity index (χ2v) is 9.02. The van der Waals surface area contributed by atoms with Crippen molar-refractivity contribution in [2.45, 2.75) is 13.0 Å². The van der Waals surface area contributed by atoms with Crippen molar-refractivity contribution >= 4 is 23.2 Å². The fourth-order valence-corrected chi connectivity index (χ4v) is 4.69. The Hall–Kier alpha value is -4.04. The molecule has 186 valence electrons. The number of aryl methyl sites for hydroxylation is 1. The van der Waals surface area contributed by atoms with Crippen LogP contribution in [0, 0.1) is 6.92 Å². The van der Waals surface area contributed by atoms with Gasteiger partial charge in [0, 0.05) is 44.1 Å². The second kappa shape index (κ2) is 10.7. The maximum Gasteiger partial charge on any atom is 0.313 e. The van der Waals surface area contributed by atoms with Crippen LogP contribution in [-0.2, 0) is 9.59 Å². The molecule has 2 aliphatic rings. The molecule has 2 heterocycles. The summed E-state index contributed by atoms with van der Waals surface area (Å²) in [6.07, 6.45) is 0. The van der Waals surface area contributed by atoms with Gasteiger partial charge in [0.25, 0.3) is 0 Å². The van der Waals surface area contributed by atoms with E-state index in [9.17, 15) is 9.59 Å². The highest BCUT2D eigenvalue weighted by Crippen LogP contribution is 2.35. The van der Waals surface area contributed by atoms with Gasteiger partial charge in [0.2, 0.25) is 6.79 Å². The maximum absolute atomic E-state index is 12.7. The van der Waals surface area contributed by atoms with Crippen LogP contribution in [0.5, 0.6) is 11.5 Å². The van der Waals surface area contributed by atoms with Gasteiger partial charge in [0.05, 0.1) is 6.04 Å². The van der Waals surface area contributed by atoms with Gasteiger partial charge in [0.15, 0.2) is 11.5 Å². The third kappa shape index (κ3) is 5.44. The molecule has 0 spiro atoms. The lowest BCUT2D eigenvalue weighted by atomic mass is 10.0. The fourth-order valence-electron chi connectivity index (χ4n) is 4.69. The maximum atomic E-state index is 12.7. The average molecular weight is 487 g/mol. The van der Waals surface area contributed by atoms with Gasteiger partial charge < -0.3 is 25.0 Å². The van der Waals surface area contributed by atoms with Crippen LogP contribution in [0.2, 0.25) is 0 Å². The van der Waals surface area contributed by atoms with Crippen LogP contribution >= 0.6 is 0 Å². The molecule has 2 N–H and O–H groups in total. The summed E-state index contributed by atoms with van der Waals surface area (Å²) in [5, 5.41) is 5.52. The van der Waals surface area contributed by atoms with E-state index in [1.165, 1.54) is 5.69 Å². The number of anilines is 2. The predicted octanol–water partition coefficient (Wildman–Crippen LogP) is 3.34. The summed E-state index contributed by atoms with van der Waals surface area (Å²) < 4.78 is 11.1. The number of carbonyl (C=O) groups excluding carboxylic acids is 2. The smallest absolute Gasteiger partial charge is 0.313 e. The summed E-state index contributed by atoms with van der Waals surface area (Å²) in [5.74, 6) is 0.0704. The molecule has 2 aliphatic heterocycles. The Kier molecular flexibility index (Phi) is 7.04. The zero-order valence-corrected chi connectivity index (χ0v) is 20.3. The Morgan fingerprint density at radius 3 is 2.42 bits per heavy atom. The molecule has 0 radical (unpaired) electrons. The molecule has 1 fully saturated rings. The third-order valence-corrected chi connectivity index (χ3v) is 6.60. The summed E-state index contributed by atoms with van der Waals surface area (Å²) in [4.78, 5) is 29.9. The minimum atomic E-state index is -0.682. The number of nitrogens with zero attached hydrogens (tertiary/aromatic N) is 2. The molecule has 8 nitrogen and oxygen atoms in total. The summed E-state index contributed by atoms with van der Waals surface area (Å²) in [6.45, 7) is 5.81. The topological polar surface area (TPSA) is 83.1 Å². The predicted molar refractivity (Wildman–Crippen MR) is 138 cm³/mol. The molecule has 1 unspecified atom stereocenters. The third-order valence-electron chi connectivity index (χ3n) is 6.60. The van der Waals surface area contributed by atoms with E-state index in [2.05, 4.69) is 44.7 Å². The molecule has 1 saturated heterocycles. The molecular weight excluding hydrogens is 456 g/mol. The molecule has 0 saturated carbocycles. The van der Waals surface area contributed by atoms with Crippen molar-refractivity contribution in [3.63, 3.8) is 0 Å². The van der Waals surface area contributed by atoms with Gasteiger partial charge in [-0.1, -0.05) is 36.4 Å². The quantitative estimate of drug-likeness (QED) is 0.520. The van der Waals surface area contributed by atoms with Gasteiger partial charge in [-0.25, -0.2) is 0 Å². The summed E-state index contributed by atoms with van der Waals surface area (Å²) in [6, 6.07) is 23.5. The van der Waals surface area contributed by atoms with Crippen LogP contribution in [0.4, 0.5) is 11.4 Å². The van der Waals surface area contributed by atoms with Crippen LogP contribution in [0.1, 0.15) is 17.2 Å². The molecule has 3 aromatic carbocycles. The van der Waals surface area contributed by atoms with Crippen molar-refractivity contribution in [2.75, 3.05) is 49.7 Å². The number of para-hydroxylation sites is 1. The summed E-state index contributed by atoms with van der Waals surface area (Å²) in [7, 11) is 0. The van der Waals surface area contributed by atoms with Gasteiger partial charge in [0.1, 0.15) is 0 Å². The molecule has 8 heteroatoms. The summed E-state index contributed by atoms with van der Waals surface area (Å²) in [5.41, 5.74) is 3.81. The Labute approximate surface area is 210 Å². The molecule has 1 atom stereocenters. The lowest BCUT2D eigenvalue weighted by molar-refractivity contribution is -0.136. The van der Waals surface area contributed by atoms with E-state index < -0.39 is 11.8 Å². The van der Waals surface area contributed by atoms with Crippen LogP contribution < -0.4 is 25.0 Å². The van der Waals surface area contributed by atoms with Crippen molar-refractivity contribution in [3.05, 3.63) is 83.9 Å². The first-order valence-corrected chi connectivity index (χ1v) is 12.2. The molecule has 36 heavy (non-hydrogen) atoms. The van der Waals surface area contributed by atoms with Crippen LogP contribution in [0.25, 0.3) is 0 Å². The lowest BCUT2D eigenvalue weighted by Crippen LogP contribution is -2.50. The molecule has 0 aromatic heterocycles. The number of fused-ring (bicyclic) bond motifs is 1. The first kappa shape index (κ1) is 23.7. The molecule has 3 aromatic rings. The standard InChI is InChI=1S/C28H30N4O4/c1-20-6-5-7-22(16-20)30-28(34)27(33)29-18-24(21-10-11-25-26(17-21)36-19-35-25)32-14-12-31(13-15-32)23-8-3-2-4-9-23/h2-11,16-17,24H,12-15,18-19H2,1H3,(H,29,33)(H,30,34). The highest BCUT2D eigenvalue weighted by Gasteiger charge is 2.28. The Morgan fingerprint density at radius 2 is 1.64 bits per heavy atom. The zero-order valence-electron chi connectivity index (χ0n) is 20.3. The average Bonchev–Trinajstić information content (AvgIpc) is 3.38. The minimum absolute atomic E-state index is 0.117. The number of hydrogen-bond donors (Lipinski definition) is 2. The second-order valence-electron chi connectivity index (χ2n) is 9.02. The van der Waals surface area contributed by atoms with Crippen LogP contribution in [0.15, 0.2) is 72.8 Å². The van der Waals surface area contributed by atoms with Gasteiger partial charge in [-0.15, -0.1) is 0 Å². The van der Waals surface area contributed by atoms with Crippen LogP contribution in [-0.4, -0.2) is 56.2 Å². The Bertz CT molecular complexity index is 1230. The number of rotatable bonds is 6. The van der Waals surface area contributed by atoms with E-state index in [0.29, 0.717) is 23.7 Å². The molecular formula is C28H30N4O4. The number of piperazine rings is 1. The minimum Gasteiger partial charge on any atom is -0.454 e. The highest BCUT2D eigenvalue weighted by molar-refractivity contribution is 6.39. The van der Waals surface area contributed by atoms with Gasteiger partial charge in [-0.3, -0.25) is 14.5 Å². The number of amides is 2. The Morgan fingerprint density at radius 1 is 0.861 bits per heavy atom. The molecule has 5 rings (SSSR count). The lowest BCUT2D eigenvalue weighted by Gasteiger charge is -2.40. The van der Waals surface area contributed by atoms with Gasteiger partial charge >= 0.3 is 11.8 Å². The normalized spacial score (nSPS) is 15.9. The summed E-state index contributed by atoms with van der Waals surface area (Å²) >= 11 is 0. The Balaban J connectivity index is 1.27.